The van der Waals surface area contributed by atoms with Crippen LogP contribution in [0.3, 0.4) is 0 Å². The summed E-state index contributed by atoms with van der Waals surface area (Å²) in [5, 5.41) is 11.7. The molecule has 120 valence electrons. The van der Waals surface area contributed by atoms with Crippen LogP contribution >= 0.6 is 0 Å². The summed E-state index contributed by atoms with van der Waals surface area (Å²) in [7, 11) is 0. The molecule has 0 saturated heterocycles. The summed E-state index contributed by atoms with van der Waals surface area (Å²) in [5.41, 5.74) is 1.08. The van der Waals surface area contributed by atoms with Gasteiger partial charge >= 0.3 is 5.97 Å². The van der Waals surface area contributed by atoms with Crippen molar-refractivity contribution in [3.05, 3.63) is 29.8 Å². The van der Waals surface area contributed by atoms with Gasteiger partial charge in [0.2, 0.25) is 11.8 Å². The highest BCUT2D eigenvalue weighted by molar-refractivity contribution is 5.92. The predicted octanol–water partition coefficient (Wildman–Crippen LogP) is 3.64. The molecular weight excluding hydrogens is 292 g/mol. The van der Waals surface area contributed by atoms with Crippen molar-refractivity contribution < 1.29 is 23.5 Å². The fourth-order valence-electron chi connectivity index (χ4n) is 2.57. The molecule has 4 nitrogen and oxygen atoms in total. The lowest BCUT2D eigenvalue weighted by atomic mass is 9.86. The molecule has 0 aliphatic heterocycles. The third-order valence-corrected chi connectivity index (χ3v) is 4.11. The Balaban J connectivity index is 2.00. The lowest BCUT2D eigenvalue weighted by Crippen LogP contribution is -2.31. The standard InChI is InChI=1S/C16H19F2NO3/c1-10(15(21)22)12-3-2-4-13(9-12)19-14(20)11-5-7-16(17,18)8-6-11/h2-4,9-11H,5-8H2,1H3,(H,19,20)(H,21,22). The largest absolute Gasteiger partial charge is 0.481 e. The van der Waals surface area contributed by atoms with Crippen molar-refractivity contribution in [1.82, 2.24) is 0 Å². The summed E-state index contributed by atoms with van der Waals surface area (Å²) >= 11 is 0. The van der Waals surface area contributed by atoms with Crippen molar-refractivity contribution in [3.8, 4) is 0 Å². The van der Waals surface area contributed by atoms with Gasteiger partial charge in [-0.2, -0.15) is 0 Å². The van der Waals surface area contributed by atoms with Gasteiger partial charge in [0.15, 0.2) is 0 Å². The molecule has 0 radical (unpaired) electrons. The van der Waals surface area contributed by atoms with Gasteiger partial charge in [-0.25, -0.2) is 8.78 Å². The lowest BCUT2D eigenvalue weighted by Gasteiger charge is -2.27. The summed E-state index contributed by atoms with van der Waals surface area (Å²) in [6.07, 6.45) is -0.184. The van der Waals surface area contributed by atoms with Crippen LogP contribution in [0, 0.1) is 5.92 Å². The molecule has 1 unspecified atom stereocenters. The van der Waals surface area contributed by atoms with E-state index in [1.165, 1.54) is 0 Å². The van der Waals surface area contributed by atoms with Crippen LogP contribution in [0.2, 0.25) is 0 Å². The Bertz CT molecular complexity index is 564. The van der Waals surface area contributed by atoms with E-state index in [1.807, 2.05) is 0 Å². The van der Waals surface area contributed by atoms with E-state index in [1.54, 1.807) is 31.2 Å². The van der Waals surface area contributed by atoms with E-state index >= 15 is 0 Å². The second-order valence-corrected chi connectivity index (χ2v) is 5.80. The number of halogens is 2. The van der Waals surface area contributed by atoms with E-state index < -0.39 is 23.7 Å². The molecule has 1 saturated carbocycles. The highest BCUT2D eigenvalue weighted by atomic mass is 19.3. The van der Waals surface area contributed by atoms with Gasteiger partial charge in [0, 0.05) is 24.4 Å². The zero-order valence-corrected chi connectivity index (χ0v) is 12.3. The number of aliphatic carboxylic acids is 1. The Morgan fingerprint density at radius 3 is 2.55 bits per heavy atom. The smallest absolute Gasteiger partial charge is 0.310 e. The van der Waals surface area contributed by atoms with Gasteiger partial charge in [-0.3, -0.25) is 9.59 Å². The molecule has 1 aromatic rings. The maximum Gasteiger partial charge on any atom is 0.310 e. The zero-order valence-electron chi connectivity index (χ0n) is 12.3. The number of alkyl halides is 2. The minimum Gasteiger partial charge on any atom is -0.481 e. The minimum absolute atomic E-state index is 0.171. The molecule has 2 rings (SSSR count). The minimum atomic E-state index is -2.66. The van der Waals surface area contributed by atoms with Gasteiger partial charge in [0.25, 0.3) is 0 Å². The Labute approximate surface area is 127 Å². The van der Waals surface area contributed by atoms with Gasteiger partial charge in [-0.05, 0) is 37.5 Å². The van der Waals surface area contributed by atoms with Gasteiger partial charge in [0.05, 0.1) is 5.92 Å². The fourth-order valence-corrected chi connectivity index (χ4v) is 2.57. The number of hydrogen-bond acceptors (Lipinski definition) is 2. The number of carbonyl (C=O) groups excluding carboxylic acids is 1. The summed E-state index contributed by atoms with van der Waals surface area (Å²) in [6.45, 7) is 1.56. The van der Waals surface area contributed by atoms with E-state index in [0.717, 1.165) is 0 Å². The molecule has 1 aliphatic carbocycles. The number of hydrogen-bond donors (Lipinski definition) is 2. The number of amides is 1. The van der Waals surface area contributed by atoms with Gasteiger partial charge in [-0.1, -0.05) is 12.1 Å². The number of carboxylic acids is 1. The first-order chi connectivity index (χ1) is 10.3. The molecule has 0 spiro atoms. The van der Waals surface area contributed by atoms with Crippen LogP contribution in [0.5, 0.6) is 0 Å². The second-order valence-electron chi connectivity index (χ2n) is 5.80. The maximum absolute atomic E-state index is 13.1. The van der Waals surface area contributed by atoms with Crippen molar-refractivity contribution in [2.45, 2.75) is 44.4 Å². The zero-order chi connectivity index (χ0) is 16.3. The lowest BCUT2D eigenvalue weighted by molar-refractivity contribution is -0.138. The summed E-state index contributed by atoms with van der Waals surface area (Å²) in [6, 6.07) is 6.61. The molecule has 2 N–H and O–H groups in total. The maximum atomic E-state index is 13.1. The number of rotatable bonds is 4. The van der Waals surface area contributed by atoms with E-state index in [0.29, 0.717) is 11.3 Å². The highest BCUT2D eigenvalue weighted by Crippen LogP contribution is 2.36. The predicted molar refractivity (Wildman–Crippen MR) is 78.0 cm³/mol. The van der Waals surface area contributed by atoms with Gasteiger partial charge in [-0.15, -0.1) is 0 Å². The molecule has 22 heavy (non-hydrogen) atoms. The van der Waals surface area contributed by atoms with Crippen molar-refractivity contribution in [2.24, 2.45) is 5.92 Å². The SMILES string of the molecule is CC(C(=O)O)c1cccc(NC(=O)C2CCC(F)(F)CC2)c1. The summed E-state index contributed by atoms with van der Waals surface area (Å²) in [5.74, 6) is -4.98. The fraction of sp³-hybridized carbons (Fsp3) is 0.500. The first-order valence-electron chi connectivity index (χ1n) is 7.30. The third-order valence-electron chi connectivity index (χ3n) is 4.11. The van der Waals surface area contributed by atoms with E-state index in [-0.39, 0.29) is 31.6 Å². The summed E-state index contributed by atoms with van der Waals surface area (Å²) in [4.78, 5) is 23.1. The molecule has 0 bridgehead atoms. The molecule has 0 heterocycles. The van der Waals surface area contributed by atoms with Crippen LogP contribution in [0.15, 0.2) is 24.3 Å². The van der Waals surface area contributed by atoms with Crippen LogP contribution in [0.25, 0.3) is 0 Å². The molecule has 1 aliphatic rings. The van der Waals surface area contributed by atoms with Crippen LogP contribution < -0.4 is 5.32 Å². The number of benzene rings is 1. The highest BCUT2D eigenvalue weighted by Gasteiger charge is 2.37. The van der Waals surface area contributed by atoms with E-state index in [9.17, 15) is 18.4 Å². The average molecular weight is 311 g/mol. The molecule has 1 fully saturated rings. The Morgan fingerprint density at radius 1 is 1.32 bits per heavy atom. The molecule has 1 aromatic carbocycles. The molecule has 1 atom stereocenters. The second kappa shape index (κ2) is 6.42. The molecule has 1 amide bonds. The van der Waals surface area contributed by atoms with Gasteiger partial charge < -0.3 is 10.4 Å². The number of anilines is 1. The quantitative estimate of drug-likeness (QED) is 0.892. The molecular formula is C16H19F2NO3. The van der Waals surface area contributed by atoms with Crippen LogP contribution in [0.1, 0.15) is 44.1 Å². The van der Waals surface area contributed by atoms with Crippen molar-refractivity contribution >= 4 is 17.6 Å². The first-order valence-corrected chi connectivity index (χ1v) is 7.30. The monoisotopic (exact) mass is 311 g/mol. The van der Waals surface area contributed by atoms with Crippen molar-refractivity contribution in [1.29, 1.82) is 0 Å². The molecule has 6 heteroatoms. The van der Waals surface area contributed by atoms with E-state index in [4.69, 9.17) is 5.11 Å². The van der Waals surface area contributed by atoms with E-state index in [2.05, 4.69) is 5.32 Å². The van der Waals surface area contributed by atoms with Crippen LogP contribution in [-0.4, -0.2) is 22.9 Å². The Kier molecular flexibility index (Phi) is 4.78. The summed E-state index contributed by atoms with van der Waals surface area (Å²) < 4.78 is 26.2. The average Bonchev–Trinajstić information content (AvgIpc) is 2.46. The Morgan fingerprint density at radius 2 is 1.95 bits per heavy atom. The van der Waals surface area contributed by atoms with Crippen LogP contribution in [-0.2, 0) is 9.59 Å². The Hall–Kier alpha value is -1.98. The number of carboxylic acid groups (broad SMARTS) is 1. The third kappa shape index (κ3) is 4.02. The van der Waals surface area contributed by atoms with Crippen molar-refractivity contribution in [2.75, 3.05) is 5.32 Å². The topological polar surface area (TPSA) is 66.4 Å². The van der Waals surface area contributed by atoms with Crippen molar-refractivity contribution in [3.63, 3.8) is 0 Å². The van der Waals surface area contributed by atoms with Gasteiger partial charge in [0.1, 0.15) is 0 Å². The first kappa shape index (κ1) is 16.4. The number of nitrogens with one attached hydrogen (secondary N) is 1. The molecule has 0 aromatic heterocycles. The number of carbonyl (C=O) groups is 2. The normalized spacial score (nSPS) is 19.4. The van der Waals surface area contributed by atoms with Crippen LogP contribution in [0.4, 0.5) is 14.5 Å².